The number of rotatable bonds is 3. The van der Waals surface area contributed by atoms with Crippen molar-refractivity contribution in [2.45, 2.75) is 36.8 Å². The minimum absolute atomic E-state index is 0.214. The van der Waals surface area contributed by atoms with Gasteiger partial charge in [-0.05, 0) is 44.2 Å². The van der Waals surface area contributed by atoms with Gasteiger partial charge in [0.1, 0.15) is 11.4 Å². The molecule has 0 amide bonds. The van der Waals surface area contributed by atoms with Crippen molar-refractivity contribution in [2.75, 3.05) is 11.4 Å². The van der Waals surface area contributed by atoms with Crippen molar-refractivity contribution in [2.24, 2.45) is 5.73 Å². The number of para-hydroxylation sites is 1. The van der Waals surface area contributed by atoms with E-state index in [1.54, 1.807) is 49.5 Å². The van der Waals surface area contributed by atoms with Crippen LogP contribution in [-0.4, -0.2) is 21.1 Å². The molecule has 0 saturated heterocycles. The van der Waals surface area contributed by atoms with Crippen LogP contribution >= 0.6 is 0 Å². The second-order valence-electron chi connectivity index (χ2n) is 6.68. The number of anilines is 1. The highest BCUT2D eigenvalue weighted by molar-refractivity contribution is 7.92. The van der Waals surface area contributed by atoms with Crippen LogP contribution in [0, 0.1) is 0 Å². The van der Waals surface area contributed by atoms with Crippen LogP contribution in [0.3, 0.4) is 0 Å². The van der Waals surface area contributed by atoms with E-state index in [4.69, 9.17) is 10.5 Å². The van der Waals surface area contributed by atoms with Crippen LogP contribution in [0.25, 0.3) is 0 Å². The van der Waals surface area contributed by atoms with Crippen LogP contribution in [0.2, 0.25) is 0 Å². The number of fused-ring (bicyclic) bond motifs is 1. The van der Waals surface area contributed by atoms with Crippen LogP contribution in [-0.2, 0) is 10.0 Å². The lowest BCUT2D eigenvalue weighted by atomic mass is 9.90. The molecule has 5 nitrogen and oxygen atoms in total. The SMILES string of the molecule is CN(c1ccccc1)S(=O)(=O)c1ccc2c(c1)C(N)CC(C)(C)O2. The molecule has 1 atom stereocenters. The third-order valence-corrected chi connectivity index (χ3v) is 6.04. The second kappa shape index (κ2) is 5.79. The van der Waals surface area contributed by atoms with Crippen molar-refractivity contribution in [3.05, 3.63) is 54.1 Å². The van der Waals surface area contributed by atoms with Gasteiger partial charge >= 0.3 is 0 Å². The highest BCUT2D eigenvalue weighted by Crippen LogP contribution is 2.39. The lowest BCUT2D eigenvalue weighted by molar-refractivity contribution is 0.0727. The van der Waals surface area contributed by atoms with Gasteiger partial charge in [0.05, 0.1) is 10.6 Å². The fourth-order valence-corrected chi connectivity index (χ4v) is 4.21. The molecule has 0 spiro atoms. The molecule has 1 heterocycles. The predicted octanol–water partition coefficient (Wildman–Crippen LogP) is 3.07. The molecule has 1 aliphatic rings. The fraction of sp³-hybridized carbons (Fsp3) is 0.333. The Balaban J connectivity index is 2.00. The van der Waals surface area contributed by atoms with E-state index in [2.05, 4.69) is 0 Å². The molecule has 2 aromatic carbocycles. The summed E-state index contributed by atoms with van der Waals surface area (Å²) in [7, 11) is -2.11. The lowest BCUT2D eigenvalue weighted by Crippen LogP contribution is -2.37. The third kappa shape index (κ3) is 2.99. The zero-order valence-electron chi connectivity index (χ0n) is 14.1. The van der Waals surface area contributed by atoms with Gasteiger partial charge in [-0.15, -0.1) is 0 Å². The zero-order chi connectivity index (χ0) is 17.5. The molecule has 1 unspecified atom stereocenters. The van der Waals surface area contributed by atoms with E-state index in [9.17, 15) is 8.42 Å². The molecule has 128 valence electrons. The Labute approximate surface area is 143 Å². The van der Waals surface area contributed by atoms with E-state index < -0.39 is 10.0 Å². The summed E-state index contributed by atoms with van der Waals surface area (Å²) in [5.74, 6) is 0.653. The summed E-state index contributed by atoms with van der Waals surface area (Å²) in [6.45, 7) is 3.95. The maximum Gasteiger partial charge on any atom is 0.264 e. The van der Waals surface area contributed by atoms with Crippen molar-refractivity contribution in [3.8, 4) is 5.75 Å². The first kappa shape index (κ1) is 16.8. The van der Waals surface area contributed by atoms with Crippen molar-refractivity contribution in [1.82, 2.24) is 0 Å². The first-order chi connectivity index (χ1) is 11.2. The van der Waals surface area contributed by atoms with Gasteiger partial charge in [0.2, 0.25) is 0 Å². The number of hydrogen-bond donors (Lipinski definition) is 1. The number of sulfonamides is 1. The van der Waals surface area contributed by atoms with Gasteiger partial charge in [-0.25, -0.2) is 8.42 Å². The standard InChI is InChI=1S/C18H22N2O3S/c1-18(2)12-16(19)15-11-14(9-10-17(15)23-18)24(21,22)20(3)13-7-5-4-6-8-13/h4-11,16H,12,19H2,1-3H3. The molecule has 0 radical (unpaired) electrons. The van der Waals surface area contributed by atoms with Crippen LogP contribution in [0.4, 0.5) is 5.69 Å². The Bertz CT molecular complexity index is 848. The minimum Gasteiger partial charge on any atom is -0.487 e. The van der Waals surface area contributed by atoms with Gasteiger partial charge in [0.25, 0.3) is 10.0 Å². The summed E-state index contributed by atoms with van der Waals surface area (Å²) in [6.07, 6.45) is 0.637. The van der Waals surface area contributed by atoms with E-state index in [1.165, 1.54) is 4.31 Å². The van der Waals surface area contributed by atoms with E-state index in [1.807, 2.05) is 19.9 Å². The predicted molar refractivity (Wildman–Crippen MR) is 94.7 cm³/mol. The fourth-order valence-electron chi connectivity index (χ4n) is 2.98. The molecule has 2 N–H and O–H groups in total. The molecule has 0 saturated carbocycles. The van der Waals surface area contributed by atoms with E-state index in [-0.39, 0.29) is 16.5 Å². The molecule has 1 aliphatic heterocycles. The van der Waals surface area contributed by atoms with Crippen LogP contribution in [0.15, 0.2) is 53.4 Å². The van der Waals surface area contributed by atoms with Gasteiger partial charge in [-0.1, -0.05) is 18.2 Å². The van der Waals surface area contributed by atoms with Crippen molar-refractivity contribution in [3.63, 3.8) is 0 Å². The number of hydrogen-bond acceptors (Lipinski definition) is 4. The van der Waals surface area contributed by atoms with Crippen molar-refractivity contribution in [1.29, 1.82) is 0 Å². The topological polar surface area (TPSA) is 72.6 Å². The molecule has 0 aliphatic carbocycles. The zero-order valence-corrected chi connectivity index (χ0v) is 14.9. The number of nitrogens with zero attached hydrogens (tertiary/aromatic N) is 1. The van der Waals surface area contributed by atoms with Crippen LogP contribution < -0.4 is 14.8 Å². The Hall–Kier alpha value is -2.05. The average Bonchev–Trinajstić information content (AvgIpc) is 2.53. The summed E-state index contributed by atoms with van der Waals surface area (Å²) in [4.78, 5) is 0.214. The Morgan fingerprint density at radius 1 is 1.17 bits per heavy atom. The molecular weight excluding hydrogens is 324 g/mol. The van der Waals surface area contributed by atoms with Crippen molar-refractivity contribution < 1.29 is 13.2 Å². The third-order valence-electron chi connectivity index (χ3n) is 4.26. The quantitative estimate of drug-likeness (QED) is 0.927. The molecule has 6 heteroatoms. The second-order valence-corrected chi connectivity index (χ2v) is 8.65. The number of benzene rings is 2. The molecule has 0 fully saturated rings. The van der Waals surface area contributed by atoms with E-state index in [0.29, 0.717) is 17.9 Å². The van der Waals surface area contributed by atoms with Gasteiger partial charge < -0.3 is 10.5 Å². The summed E-state index contributed by atoms with van der Waals surface area (Å²) >= 11 is 0. The van der Waals surface area contributed by atoms with Crippen LogP contribution in [0.1, 0.15) is 31.9 Å². The number of ether oxygens (including phenoxy) is 1. The summed E-state index contributed by atoms with van der Waals surface area (Å²) in [6, 6.07) is 13.6. The average molecular weight is 346 g/mol. The maximum absolute atomic E-state index is 12.9. The largest absolute Gasteiger partial charge is 0.487 e. The Morgan fingerprint density at radius 2 is 1.83 bits per heavy atom. The van der Waals surface area contributed by atoms with Gasteiger partial charge in [0.15, 0.2) is 0 Å². The molecule has 3 rings (SSSR count). The van der Waals surface area contributed by atoms with Gasteiger partial charge in [-0.3, -0.25) is 4.31 Å². The summed E-state index contributed by atoms with van der Waals surface area (Å²) in [5, 5.41) is 0. The highest BCUT2D eigenvalue weighted by Gasteiger charge is 2.33. The molecule has 2 aromatic rings. The molecule has 24 heavy (non-hydrogen) atoms. The summed E-state index contributed by atoms with van der Waals surface area (Å²) < 4.78 is 33.0. The number of nitrogens with two attached hydrogens (primary N) is 1. The normalized spacial score (nSPS) is 19.2. The first-order valence-electron chi connectivity index (χ1n) is 7.83. The first-order valence-corrected chi connectivity index (χ1v) is 9.27. The Morgan fingerprint density at radius 3 is 2.50 bits per heavy atom. The van der Waals surface area contributed by atoms with Gasteiger partial charge in [-0.2, -0.15) is 0 Å². The molecule has 0 bridgehead atoms. The Kier molecular flexibility index (Phi) is 4.05. The highest BCUT2D eigenvalue weighted by atomic mass is 32.2. The van der Waals surface area contributed by atoms with E-state index in [0.717, 1.165) is 5.56 Å². The van der Waals surface area contributed by atoms with E-state index >= 15 is 0 Å². The summed E-state index contributed by atoms with van der Waals surface area (Å²) in [5.41, 5.74) is 7.22. The molecular formula is C18H22N2O3S. The smallest absolute Gasteiger partial charge is 0.264 e. The lowest BCUT2D eigenvalue weighted by Gasteiger charge is -2.36. The maximum atomic E-state index is 12.9. The van der Waals surface area contributed by atoms with Crippen molar-refractivity contribution >= 4 is 15.7 Å². The van der Waals surface area contributed by atoms with Crippen LogP contribution in [0.5, 0.6) is 5.75 Å². The van der Waals surface area contributed by atoms with Gasteiger partial charge in [0, 0.05) is 25.1 Å². The minimum atomic E-state index is -3.66. The monoisotopic (exact) mass is 346 g/mol. The molecule has 0 aromatic heterocycles.